The highest BCUT2D eigenvalue weighted by Crippen LogP contribution is 2.36. The third kappa shape index (κ3) is 3.29. The van der Waals surface area contributed by atoms with E-state index in [1.807, 2.05) is 0 Å². The molecule has 1 saturated heterocycles. The van der Waals surface area contributed by atoms with Crippen molar-refractivity contribution in [1.29, 1.82) is 0 Å². The molecule has 134 valence electrons. The van der Waals surface area contributed by atoms with Gasteiger partial charge in [0.15, 0.2) is 0 Å². The van der Waals surface area contributed by atoms with Crippen LogP contribution in [0.25, 0.3) is 11.8 Å². The molecule has 0 radical (unpaired) electrons. The van der Waals surface area contributed by atoms with Crippen LogP contribution in [0.1, 0.15) is 5.69 Å². The Hall–Kier alpha value is -2.83. The lowest BCUT2D eigenvalue weighted by atomic mass is 10.2. The average Bonchev–Trinajstić information content (AvgIpc) is 3.21. The van der Waals surface area contributed by atoms with E-state index < -0.39 is 11.1 Å². The molecule has 7 heteroatoms. The van der Waals surface area contributed by atoms with Crippen LogP contribution in [-0.4, -0.2) is 15.7 Å². The predicted molar refractivity (Wildman–Crippen MR) is 106 cm³/mol. The van der Waals surface area contributed by atoms with Crippen LogP contribution in [0.15, 0.2) is 71.8 Å². The maximum Gasteiger partial charge on any atom is 0.298 e. The summed E-state index contributed by atoms with van der Waals surface area (Å²) < 4.78 is 15.7. The lowest BCUT2D eigenvalue weighted by molar-refractivity contribution is -0.113. The van der Waals surface area contributed by atoms with Crippen molar-refractivity contribution < 1.29 is 14.0 Å². The highest BCUT2D eigenvalue weighted by Gasteiger charge is 2.36. The molecular weight excluding hydrogens is 387 g/mol. The Bertz CT molecular complexity index is 1080. The Labute approximate surface area is 163 Å². The van der Waals surface area contributed by atoms with E-state index in [1.165, 1.54) is 6.07 Å². The second-order valence-electron chi connectivity index (χ2n) is 5.75. The number of thioether (sulfide) groups is 1. The maximum atomic E-state index is 14.1. The third-order valence-corrected chi connectivity index (χ3v) is 5.17. The van der Waals surface area contributed by atoms with Crippen LogP contribution in [0.2, 0.25) is 5.02 Å². The van der Waals surface area contributed by atoms with Gasteiger partial charge in [0.25, 0.3) is 11.1 Å². The lowest BCUT2D eigenvalue weighted by Crippen LogP contribution is -2.27. The van der Waals surface area contributed by atoms with E-state index in [1.54, 1.807) is 71.4 Å². The van der Waals surface area contributed by atoms with Gasteiger partial charge in [0.2, 0.25) is 0 Å². The third-order valence-electron chi connectivity index (χ3n) is 4.05. The number of hydrogen-bond donors (Lipinski definition) is 0. The van der Waals surface area contributed by atoms with Gasteiger partial charge in [-0.1, -0.05) is 23.7 Å². The van der Waals surface area contributed by atoms with Crippen molar-refractivity contribution in [3.8, 4) is 5.69 Å². The normalized spacial score (nSPS) is 15.8. The monoisotopic (exact) mass is 398 g/mol. The molecule has 4 nitrogen and oxygen atoms in total. The summed E-state index contributed by atoms with van der Waals surface area (Å²) in [4.78, 5) is 26.5. The molecular formula is C20H12ClFN2O2S. The molecule has 4 rings (SSSR count). The molecule has 0 bridgehead atoms. The fourth-order valence-corrected chi connectivity index (χ4v) is 3.74. The number of benzene rings is 2. The Morgan fingerprint density at radius 3 is 2.44 bits per heavy atom. The number of nitrogens with zero attached hydrogens (tertiary/aromatic N) is 2. The van der Waals surface area contributed by atoms with Gasteiger partial charge in [0, 0.05) is 16.9 Å². The first kappa shape index (κ1) is 17.6. The molecule has 2 amide bonds. The van der Waals surface area contributed by atoms with Crippen LogP contribution in [0.4, 0.5) is 14.9 Å². The molecule has 0 spiro atoms. The van der Waals surface area contributed by atoms with Crippen LogP contribution in [0.3, 0.4) is 0 Å². The van der Waals surface area contributed by atoms with Crippen molar-refractivity contribution in [3.63, 3.8) is 0 Å². The Morgan fingerprint density at radius 2 is 1.70 bits per heavy atom. The van der Waals surface area contributed by atoms with E-state index in [2.05, 4.69) is 0 Å². The first-order chi connectivity index (χ1) is 13.0. The molecule has 0 aliphatic carbocycles. The van der Waals surface area contributed by atoms with Crippen LogP contribution < -0.4 is 4.90 Å². The van der Waals surface area contributed by atoms with Gasteiger partial charge in [-0.3, -0.25) is 9.59 Å². The molecule has 0 unspecified atom stereocenters. The highest BCUT2D eigenvalue weighted by molar-refractivity contribution is 8.19. The van der Waals surface area contributed by atoms with Crippen molar-refractivity contribution in [3.05, 3.63) is 88.3 Å². The molecule has 1 aliphatic heterocycles. The smallest absolute Gasteiger partial charge is 0.298 e. The van der Waals surface area contributed by atoms with E-state index in [0.717, 1.165) is 16.7 Å². The molecule has 1 aromatic heterocycles. The van der Waals surface area contributed by atoms with Gasteiger partial charge in [0.05, 0.1) is 16.3 Å². The second-order valence-corrected chi connectivity index (χ2v) is 7.18. The molecule has 2 heterocycles. The zero-order chi connectivity index (χ0) is 19.0. The molecule has 1 fully saturated rings. The Balaban J connectivity index is 1.70. The minimum atomic E-state index is -0.423. The quantitative estimate of drug-likeness (QED) is 0.546. The molecule has 0 saturated carbocycles. The van der Waals surface area contributed by atoms with Gasteiger partial charge in [-0.05, 0) is 66.4 Å². The van der Waals surface area contributed by atoms with Crippen LogP contribution in [0.5, 0.6) is 0 Å². The SMILES string of the molecule is O=C1S/C(=C/c2cccn2-c2ccccc2F)C(=O)N1c1ccc(Cl)cc1. The van der Waals surface area contributed by atoms with Crippen molar-refractivity contribution >= 4 is 46.3 Å². The van der Waals surface area contributed by atoms with Gasteiger partial charge in [0.1, 0.15) is 5.82 Å². The second kappa shape index (κ2) is 7.06. The summed E-state index contributed by atoms with van der Waals surface area (Å²) in [5, 5.41) is 0.126. The maximum absolute atomic E-state index is 14.1. The zero-order valence-corrected chi connectivity index (χ0v) is 15.4. The largest absolute Gasteiger partial charge is 0.314 e. The van der Waals surface area contributed by atoms with Crippen molar-refractivity contribution in [2.45, 2.75) is 0 Å². The summed E-state index contributed by atoms with van der Waals surface area (Å²) >= 11 is 6.71. The number of anilines is 1. The number of carbonyl (C=O) groups is 2. The summed E-state index contributed by atoms with van der Waals surface area (Å²) in [5.74, 6) is -0.800. The molecule has 0 N–H and O–H groups in total. The van der Waals surface area contributed by atoms with Gasteiger partial charge in [-0.15, -0.1) is 0 Å². The van der Waals surface area contributed by atoms with Crippen molar-refractivity contribution in [2.24, 2.45) is 0 Å². The number of halogens is 2. The first-order valence-corrected chi connectivity index (χ1v) is 9.20. The number of hydrogen-bond acceptors (Lipinski definition) is 3. The first-order valence-electron chi connectivity index (χ1n) is 8.00. The van der Waals surface area contributed by atoms with E-state index in [-0.39, 0.29) is 10.7 Å². The van der Waals surface area contributed by atoms with Crippen LogP contribution >= 0.6 is 23.4 Å². The average molecular weight is 399 g/mol. The number of carbonyl (C=O) groups excluding carboxylic acids is 2. The summed E-state index contributed by atoms with van der Waals surface area (Å²) in [6, 6.07) is 16.3. The summed E-state index contributed by atoms with van der Waals surface area (Å²) in [6.07, 6.45) is 3.29. The minimum Gasteiger partial charge on any atom is -0.314 e. The van der Waals surface area contributed by atoms with Crippen molar-refractivity contribution in [1.82, 2.24) is 4.57 Å². The Morgan fingerprint density at radius 1 is 0.963 bits per heavy atom. The van der Waals surface area contributed by atoms with Crippen molar-refractivity contribution in [2.75, 3.05) is 4.90 Å². The number of para-hydroxylation sites is 1. The van der Waals surface area contributed by atoms with Gasteiger partial charge in [-0.25, -0.2) is 9.29 Å². The summed E-state index contributed by atoms with van der Waals surface area (Å²) in [5.41, 5.74) is 1.42. The van der Waals surface area contributed by atoms with E-state index >= 15 is 0 Å². The van der Waals surface area contributed by atoms with E-state index in [0.29, 0.717) is 22.1 Å². The Kier molecular flexibility index (Phi) is 4.59. The number of imide groups is 1. The van der Waals surface area contributed by atoms with Gasteiger partial charge >= 0.3 is 0 Å². The zero-order valence-electron chi connectivity index (χ0n) is 13.8. The molecule has 2 aromatic carbocycles. The predicted octanol–water partition coefficient (Wildman–Crippen LogP) is 5.51. The fourth-order valence-electron chi connectivity index (χ4n) is 2.79. The number of rotatable bonds is 3. The molecule has 27 heavy (non-hydrogen) atoms. The minimum absolute atomic E-state index is 0.270. The van der Waals surface area contributed by atoms with Gasteiger partial charge in [-0.2, -0.15) is 0 Å². The summed E-state index contributed by atoms with van der Waals surface area (Å²) in [6.45, 7) is 0. The van der Waals surface area contributed by atoms with Crippen LogP contribution in [-0.2, 0) is 4.79 Å². The van der Waals surface area contributed by atoms with E-state index in [4.69, 9.17) is 11.6 Å². The topological polar surface area (TPSA) is 42.3 Å². The molecule has 0 atom stereocenters. The highest BCUT2D eigenvalue weighted by atomic mass is 35.5. The van der Waals surface area contributed by atoms with E-state index in [9.17, 15) is 14.0 Å². The fraction of sp³-hybridized carbons (Fsp3) is 0. The lowest BCUT2D eigenvalue weighted by Gasteiger charge is -2.12. The molecule has 1 aliphatic rings. The van der Waals surface area contributed by atoms with Crippen LogP contribution in [0, 0.1) is 5.82 Å². The number of amides is 2. The number of aromatic nitrogens is 1. The summed E-state index contributed by atoms with van der Waals surface area (Å²) in [7, 11) is 0. The standard InChI is InChI=1S/C20H12ClFN2O2S/c21-13-7-9-14(10-8-13)24-19(25)18(27-20(24)26)12-15-4-3-11-23(15)17-6-2-1-5-16(17)22/h1-12H/b18-12+. The van der Waals surface area contributed by atoms with Gasteiger partial charge < -0.3 is 4.57 Å². The molecule has 3 aromatic rings.